The van der Waals surface area contributed by atoms with Gasteiger partial charge < -0.3 is 9.64 Å². The van der Waals surface area contributed by atoms with Crippen LogP contribution in [0.3, 0.4) is 0 Å². The van der Waals surface area contributed by atoms with E-state index >= 15 is 0 Å². The molecule has 2 atom stereocenters. The molecule has 0 aromatic carbocycles. The molecule has 2 unspecified atom stereocenters. The van der Waals surface area contributed by atoms with Gasteiger partial charge in [0.1, 0.15) is 0 Å². The summed E-state index contributed by atoms with van der Waals surface area (Å²) in [7, 11) is 6.11. The maximum absolute atomic E-state index is 5.72. The fourth-order valence-corrected chi connectivity index (χ4v) is 2.58. The third-order valence-electron chi connectivity index (χ3n) is 3.09. The van der Waals surface area contributed by atoms with Gasteiger partial charge in [0.15, 0.2) is 0 Å². The van der Waals surface area contributed by atoms with Crippen LogP contribution in [0, 0.1) is 5.92 Å². The molecule has 2 heteroatoms. The molecule has 1 aliphatic carbocycles. The molecule has 1 fully saturated rings. The van der Waals surface area contributed by atoms with Crippen LogP contribution in [0.5, 0.6) is 0 Å². The highest BCUT2D eigenvalue weighted by atomic mass is 16.5. The van der Waals surface area contributed by atoms with Gasteiger partial charge in [-0.25, -0.2) is 0 Å². The predicted octanol–water partition coefficient (Wildman–Crippen LogP) is 2.14. The van der Waals surface area contributed by atoms with E-state index in [9.17, 15) is 0 Å². The van der Waals surface area contributed by atoms with Crippen molar-refractivity contribution in [3.05, 3.63) is 0 Å². The summed E-state index contributed by atoms with van der Waals surface area (Å²) in [4.78, 5) is 2.24. The Bertz CT molecular complexity index is 154. The van der Waals surface area contributed by atoms with Gasteiger partial charge >= 0.3 is 0 Å². The Morgan fingerprint density at radius 1 is 1.46 bits per heavy atom. The molecule has 1 rings (SSSR count). The van der Waals surface area contributed by atoms with Crippen molar-refractivity contribution in [3.8, 4) is 0 Å². The van der Waals surface area contributed by atoms with E-state index in [0.29, 0.717) is 0 Å². The molecule has 0 spiro atoms. The third-order valence-corrected chi connectivity index (χ3v) is 3.09. The summed E-state index contributed by atoms with van der Waals surface area (Å²) in [6.07, 6.45) is 5.15. The van der Waals surface area contributed by atoms with Crippen molar-refractivity contribution in [2.24, 2.45) is 5.92 Å². The van der Waals surface area contributed by atoms with Gasteiger partial charge in [0, 0.05) is 13.7 Å². The molecule has 0 aromatic heterocycles. The molecule has 0 bridgehead atoms. The second kappa shape index (κ2) is 4.43. The van der Waals surface area contributed by atoms with Gasteiger partial charge in [-0.05, 0) is 32.9 Å². The van der Waals surface area contributed by atoms with E-state index in [1.54, 1.807) is 0 Å². The largest absolute Gasteiger partial charge is 0.377 e. The molecule has 0 aromatic rings. The molecule has 1 aliphatic rings. The first kappa shape index (κ1) is 11.0. The smallest absolute Gasteiger partial charge is 0.0807 e. The molecule has 0 N–H and O–H groups in total. The standard InChI is InChI=1S/C11H23NO/c1-10-6-5-7-11(8-10,13-4)9-12(2)3/h10H,5-9H2,1-4H3. The highest BCUT2D eigenvalue weighted by molar-refractivity contribution is 4.88. The van der Waals surface area contributed by atoms with Gasteiger partial charge in [0.05, 0.1) is 5.60 Å². The van der Waals surface area contributed by atoms with E-state index in [-0.39, 0.29) is 5.60 Å². The number of likely N-dealkylation sites (N-methyl/N-ethyl adjacent to an activating group) is 1. The zero-order valence-corrected chi connectivity index (χ0v) is 9.47. The molecule has 0 saturated heterocycles. The SMILES string of the molecule is COC1(CN(C)C)CCCC(C)C1. The molecule has 13 heavy (non-hydrogen) atoms. The van der Waals surface area contributed by atoms with Crippen molar-refractivity contribution in [2.45, 2.75) is 38.2 Å². The highest BCUT2D eigenvalue weighted by Crippen LogP contribution is 2.34. The van der Waals surface area contributed by atoms with Crippen molar-refractivity contribution in [2.75, 3.05) is 27.7 Å². The molecule has 0 amide bonds. The lowest BCUT2D eigenvalue weighted by molar-refractivity contribution is -0.0663. The minimum absolute atomic E-state index is 0.140. The molecule has 0 radical (unpaired) electrons. The van der Waals surface area contributed by atoms with Crippen LogP contribution in [0.4, 0.5) is 0 Å². The van der Waals surface area contributed by atoms with Crippen molar-refractivity contribution < 1.29 is 4.74 Å². The van der Waals surface area contributed by atoms with Gasteiger partial charge in [-0.1, -0.05) is 19.8 Å². The van der Waals surface area contributed by atoms with Gasteiger partial charge in [-0.2, -0.15) is 0 Å². The monoisotopic (exact) mass is 185 g/mol. The Balaban J connectivity index is 2.56. The van der Waals surface area contributed by atoms with Crippen LogP contribution < -0.4 is 0 Å². The van der Waals surface area contributed by atoms with Crippen LogP contribution in [0.25, 0.3) is 0 Å². The van der Waals surface area contributed by atoms with Crippen LogP contribution in [-0.2, 0) is 4.74 Å². The van der Waals surface area contributed by atoms with Crippen LogP contribution in [0.15, 0.2) is 0 Å². The van der Waals surface area contributed by atoms with Gasteiger partial charge in [-0.3, -0.25) is 0 Å². The molecular formula is C11H23NO. The van der Waals surface area contributed by atoms with E-state index in [1.807, 2.05) is 7.11 Å². The first-order chi connectivity index (χ1) is 6.08. The third kappa shape index (κ3) is 2.96. The lowest BCUT2D eigenvalue weighted by Gasteiger charge is -2.40. The fraction of sp³-hybridized carbons (Fsp3) is 1.00. The number of nitrogens with zero attached hydrogens (tertiary/aromatic N) is 1. The topological polar surface area (TPSA) is 12.5 Å². The van der Waals surface area contributed by atoms with E-state index in [4.69, 9.17) is 4.74 Å². The quantitative estimate of drug-likeness (QED) is 0.668. The molecular weight excluding hydrogens is 162 g/mol. The average molecular weight is 185 g/mol. The summed E-state index contributed by atoms with van der Waals surface area (Å²) in [5.41, 5.74) is 0.140. The predicted molar refractivity (Wildman–Crippen MR) is 55.9 cm³/mol. The first-order valence-corrected chi connectivity index (χ1v) is 5.28. The summed E-state index contributed by atoms with van der Waals surface area (Å²) in [5, 5.41) is 0. The lowest BCUT2D eigenvalue weighted by Crippen LogP contribution is -2.45. The van der Waals surface area contributed by atoms with Crippen molar-refractivity contribution in [1.29, 1.82) is 0 Å². The maximum atomic E-state index is 5.72. The zero-order chi connectivity index (χ0) is 9.90. The van der Waals surface area contributed by atoms with E-state index in [1.165, 1.54) is 25.7 Å². The van der Waals surface area contributed by atoms with Crippen LogP contribution in [0.1, 0.15) is 32.6 Å². The summed E-state index contributed by atoms with van der Waals surface area (Å²) >= 11 is 0. The Labute approximate surface area is 82.3 Å². The van der Waals surface area contributed by atoms with Crippen molar-refractivity contribution >= 4 is 0 Å². The Morgan fingerprint density at radius 2 is 2.15 bits per heavy atom. The molecule has 0 heterocycles. The second-order valence-corrected chi connectivity index (χ2v) is 4.83. The second-order valence-electron chi connectivity index (χ2n) is 4.83. The van der Waals surface area contributed by atoms with Crippen molar-refractivity contribution in [3.63, 3.8) is 0 Å². The van der Waals surface area contributed by atoms with Crippen LogP contribution in [-0.4, -0.2) is 38.3 Å². The van der Waals surface area contributed by atoms with Gasteiger partial charge in [0.25, 0.3) is 0 Å². The number of hydrogen-bond acceptors (Lipinski definition) is 2. The lowest BCUT2D eigenvalue weighted by atomic mass is 9.78. The van der Waals surface area contributed by atoms with Gasteiger partial charge in [0.2, 0.25) is 0 Å². The van der Waals surface area contributed by atoms with Crippen LogP contribution >= 0.6 is 0 Å². The van der Waals surface area contributed by atoms with E-state index < -0.39 is 0 Å². The summed E-state index contributed by atoms with van der Waals surface area (Å²) in [6.45, 7) is 3.40. The summed E-state index contributed by atoms with van der Waals surface area (Å²) in [6, 6.07) is 0. The number of ether oxygens (including phenoxy) is 1. The fourth-order valence-electron chi connectivity index (χ4n) is 2.58. The Hall–Kier alpha value is -0.0800. The molecule has 2 nitrogen and oxygen atoms in total. The molecule has 1 saturated carbocycles. The molecule has 0 aliphatic heterocycles. The van der Waals surface area contributed by atoms with Gasteiger partial charge in [-0.15, -0.1) is 0 Å². The van der Waals surface area contributed by atoms with E-state index in [0.717, 1.165) is 12.5 Å². The summed E-state index contributed by atoms with van der Waals surface area (Å²) in [5.74, 6) is 0.827. The van der Waals surface area contributed by atoms with Crippen molar-refractivity contribution in [1.82, 2.24) is 4.90 Å². The number of rotatable bonds is 3. The maximum Gasteiger partial charge on any atom is 0.0807 e. The molecule has 78 valence electrons. The average Bonchev–Trinajstić information content (AvgIpc) is 2.03. The zero-order valence-electron chi connectivity index (χ0n) is 9.47. The Kier molecular flexibility index (Phi) is 3.74. The summed E-state index contributed by atoms with van der Waals surface area (Å²) < 4.78 is 5.72. The normalized spacial score (nSPS) is 35.3. The minimum atomic E-state index is 0.140. The minimum Gasteiger partial charge on any atom is -0.377 e. The number of methoxy groups -OCH3 is 1. The first-order valence-electron chi connectivity index (χ1n) is 5.28. The number of hydrogen-bond donors (Lipinski definition) is 0. The van der Waals surface area contributed by atoms with E-state index in [2.05, 4.69) is 25.9 Å². The Morgan fingerprint density at radius 3 is 2.62 bits per heavy atom. The van der Waals surface area contributed by atoms with Crippen LogP contribution in [0.2, 0.25) is 0 Å². The highest BCUT2D eigenvalue weighted by Gasteiger charge is 2.35.